The van der Waals surface area contributed by atoms with Crippen LogP contribution in [0.3, 0.4) is 0 Å². The number of hydrogen-bond acceptors (Lipinski definition) is 4. The molecule has 1 saturated heterocycles. The Balaban J connectivity index is 1.54. The van der Waals surface area contributed by atoms with Crippen molar-refractivity contribution in [1.82, 2.24) is 10.2 Å². The van der Waals surface area contributed by atoms with Gasteiger partial charge in [-0.15, -0.1) is 10.2 Å². The topological polar surface area (TPSA) is 29.0 Å². The first-order valence-corrected chi connectivity index (χ1v) is 8.25. The Morgan fingerprint density at radius 3 is 2.85 bits per heavy atom. The van der Waals surface area contributed by atoms with Crippen LogP contribution in [0.15, 0.2) is 30.3 Å². The van der Waals surface area contributed by atoms with E-state index in [1.807, 2.05) is 6.92 Å². The highest BCUT2D eigenvalue weighted by atomic mass is 32.1. The largest absolute Gasteiger partial charge is 0.344 e. The molecule has 3 rings (SSSR count). The average Bonchev–Trinajstić information content (AvgIpc) is 3.09. The maximum atomic E-state index is 4.31. The highest BCUT2D eigenvalue weighted by molar-refractivity contribution is 7.15. The Morgan fingerprint density at radius 1 is 1.25 bits per heavy atom. The molecule has 0 aliphatic carbocycles. The summed E-state index contributed by atoms with van der Waals surface area (Å²) < 4.78 is 0. The normalized spacial score (nSPS) is 18.6. The molecular weight excluding hydrogens is 266 g/mol. The molecule has 2 aromatic rings. The van der Waals surface area contributed by atoms with E-state index in [0.717, 1.165) is 16.7 Å². The second-order valence-electron chi connectivity index (χ2n) is 5.47. The molecule has 0 N–H and O–H groups in total. The molecule has 20 heavy (non-hydrogen) atoms. The summed E-state index contributed by atoms with van der Waals surface area (Å²) >= 11 is 1.72. The Bertz CT molecular complexity index is 538. The van der Waals surface area contributed by atoms with E-state index in [9.17, 15) is 0 Å². The number of aryl methyl sites for hydroxylation is 2. The molecular formula is C16H21N3S. The van der Waals surface area contributed by atoms with Gasteiger partial charge in [0.05, 0.1) is 0 Å². The fourth-order valence-electron chi connectivity index (χ4n) is 2.98. The molecule has 4 heteroatoms. The van der Waals surface area contributed by atoms with Crippen molar-refractivity contribution < 1.29 is 0 Å². The lowest BCUT2D eigenvalue weighted by molar-refractivity contribution is 0.578. The summed E-state index contributed by atoms with van der Waals surface area (Å²) in [5.41, 5.74) is 1.45. The van der Waals surface area contributed by atoms with Crippen LogP contribution < -0.4 is 4.90 Å². The molecule has 1 aliphatic rings. The number of rotatable bonds is 5. The highest BCUT2D eigenvalue weighted by Gasteiger charge is 2.26. The molecule has 0 spiro atoms. The monoisotopic (exact) mass is 287 g/mol. The van der Waals surface area contributed by atoms with Gasteiger partial charge in [-0.05, 0) is 44.6 Å². The van der Waals surface area contributed by atoms with Crippen LogP contribution in [0.25, 0.3) is 0 Å². The second-order valence-corrected chi connectivity index (χ2v) is 6.63. The summed E-state index contributed by atoms with van der Waals surface area (Å²) in [6, 6.07) is 11.4. The molecule has 106 valence electrons. The van der Waals surface area contributed by atoms with E-state index in [1.54, 1.807) is 11.3 Å². The van der Waals surface area contributed by atoms with Crippen LogP contribution in [0.4, 0.5) is 5.13 Å². The Labute approximate surface area is 124 Å². The van der Waals surface area contributed by atoms with Gasteiger partial charge in [0, 0.05) is 12.6 Å². The third-order valence-corrected chi connectivity index (χ3v) is 4.86. The van der Waals surface area contributed by atoms with Crippen molar-refractivity contribution in [1.29, 1.82) is 0 Å². The zero-order valence-corrected chi connectivity index (χ0v) is 12.8. The molecule has 0 saturated carbocycles. The summed E-state index contributed by atoms with van der Waals surface area (Å²) in [5, 5.41) is 10.6. The summed E-state index contributed by atoms with van der Waals surface area (Å²) in [4.78, 5) is 2.47. The second kappa shape index (κ2) is 6.35. The van der Waals surface area contributed by atoms with Crippen LogP contribution in [-0.2, 0) is 6.42 Å². The van der Waals surface area contributed by atoms with E-state index in [0.29, 0.717) is 6.04 Å². The predicted molar refractivity (Wildman–Crippen MR) is 84.4 cm³/mol. The number of aromatic nitrogens is 2. The lowest BCUT2D eigenvalue weighted by Crippen LogP contribution is -2.29. The molecule has 0 amide bonds. The number of benzene rings is 1. The Morgan fingerprint density at radius 2 is 2.10 bits per heavy atom. The van der Waals surface area contributed by atoms with Crippen LogP contribution in [0.2, 0.25) is 0 Å². The van der Waals surface area contributed by atoms with Crippen molar-refractivity contribution in [3.8, 4) is 0 Å². The molecule has 1 aromatic carbocycles. The van der Waals surface area contributed by atoms with E-state index in [4.69, 9.17) is 0 Å². The van der Waals surface area contributed by atoms with Gasteiger partial charge in [0.2, 0.25) is 5.13 Å². The lowest BCUT2D eigenvalue weighted by atomic mass is 10.0. The van der Waals surface area contributed by atoms with Gasteiger partial charge in [-0.2, -0.15) is 0 Å². The van der Waals surface area contributed by atoms with Crippen molar-refractivity contribution in [3.63, 3.8) is 0 Å². The molecule has 3 nitrogen and oxygen atoms in total. The van der Waals surface area contributed by atoms with Gasteiger partial charge in [0.1, 0.15) is 5.01 Å². The minimum atomic E-state index is 0.658. The third-order valence-electron chi connectivity index (χ3n) is 3.98. The van der Waals surface area contributed by atoms with Crippen LogP contribution >= 0.6 is 11.3 Å². The highest BCUT2D eigenvalue weighted by Crippen LogP contribution is 2.30. The van der Waals surface area contributed by atoms with Crippen LogP contribution in [0, 0.1) is 6.92 Å². The number of anilines is 1. The van der Waals surface area contributed by atoms with E-state index < -0.39 is 0 Å². The molecule has 1 fully saturated rings. The van der Waals surface area contributed by atoms with E-state index >= 15 is 0 Å². The zero-order valence-electron chi connectivity index (χ0n) is 12.0. The Kier molecular flexibility index (Phi) is 4.31. The van der Waals surface area contributed by atoms with Gasteiger partial charge in [-0.1, -0.05) is 41.7 Å². The SMILES string of the molecule is Cc1nnc(N2CCCC2CCCc2ccccc2)s1. The molecule has 1 unspecified atom stereocenters. The van der Waals surface area contributed by atoms with Gasteiger partial charge >= 0.3 is 0 Å². The fraction of sp³-hybridized carbons (Fsp3) is 0.500. The lowest BCUT2D eigenvalue weighted by Gasteiger charge is -2.23. The molecule has 2 heterocycles. The number of hydrogen-bond donors (Lipinski definition) is 0. The predicted octanol–water partition coefficient (Wildman–Crippen LogP) is 3.84. The van der Waals surface area contributed by atoms with Gasteiger partial charge in [0.25, 0.3) is 0 Å². The van der Waals surface area contributed by atoms with Gasteiger partial charge in [-0.3, -0.25) is 0 Å². The van der Waals surface area contributed by atoms with Crippen molar-refractivity contribution in [2.45, 2.75) is 45.1 Å². The van der Waals surface area contributed by atoms with Crippen molar-refractivity contribution in [2.24, 2.45) is 0 Å². The van der Waals surface area contributed by atoms with E-state index in [2.05, 4.69) is 45.4 Å². The van der Waals surface area contributed by atoms with Crippen molar-refractivity contribution >= 4 is 16.5 Å². The minimum absolute atomic E-state index is 0.658. The van der Waals surface area contributed by atoms with E-state index in [-0.39, 0.29) is 0 Å². The molecule has 1 aromatic heterocycles. The first kappa shape index (κ1) is 13.6. The molecule has 0 radical (unpaired) electrons. The Hall–Kier alpha value is -1.42. The zero-order chi connectivity index (χ0) is 13.8. The number of nitrogens with zero attached hydrogens (tertiary/aromatic N) is 3. The average molecular weight is 287 g/mol. The molecule has 1 atom stereocenters. The summed E-state index contributed by atoms with van der Waals surface area (Å²) in [6.07, 6.45) is 6.28. The maximum absolute atomic E-state index is 4.31. The van der Waals surface area contributed by atoms with Crippen LogP contribution in [0.1, 0.15) is 36.3 Å². The third kappa shape index (κ3) is 3.18. The standard InChI is InChI=1S/C16H21N3S/c1-13-17-18-16(20-13)19-12-6-11-15(19)10-5-9-14-7-3-2-4-8-14/h2-4,7-8,15H,5-6,9-12H2,1H3. The van der Waals surface area contributed by atoms with Gasteiger partial charge in [-0.25, -0.2) is 0 Å². The summed E-state index contributed by atoms with van der Waals surface area (Å²) in [5.74, 6) is 0. The summed E-state index contributed by atoms with van der Waals surface area (Å²) in [7, 11) is 0. The smallest absolute Gasteiger partial charge is 0.208 e. The quantitative estimate of drug-likeness (QED) is 0.836. The first-order chi connectivity index (χ1) is 9.83. The van der Waals surface area contributed by atoms with Crippen molar-refractivity contribution in [3.05, 3.63) is 40.9 Å². The van der Waals surface area contributed by atoms with Gasteiger partial charge < -0.3 is 4.90 Å². The minimum Gasteiger partial charge on any atom is -0.344 e. The van der Waals surface area contributed by atoms with Crippen LogP contribution in [-0.4, -0.2) is 22.8 Å². The summed E-state index contributed by atoms with van der Waals surface area (Å²) in [6.45, 7) is 3.17. The molecule has 1 aliphatic heterocycles. The fourth-order valence-corrected chi connectivity index (χ4v) is 3.76. The van der Waals surface area contributed by atoms with Crippen LogP contribution in [0.5, 0.6) is 0 Å². The first-order valence-electron chi connectivity index (χ1n) is 7.43. The molecule has 0 bridgehead atoms. The van der Waals surface area contributed by atoms with E-state index in [1.165, 1.54) is 37.7 Å². The maximum Gasteiger partial charge on any atom is 0.208 e. The van der Waals surface area contributed by atoms with Gasteiger partial charge in [0.15, 0.2) is 0 Å². The van der Waals surface area contributed by atoms with Crippen molar-refractivity contribution in [2.75, 3.05) is 11.4 Å².